The second kappa shape index (κ2) is 13.6. The predicted octanol–water partition coefficient (Wildman–Crippen LogP) is 5.71. The summed E-state index contributed by atoms with van der Waals surface area (Å²) in [6.45, 7) is 0. The number of H-pyrrole nitrogens is 1. The average molecular weight is 658 g/mol. The van der Waals surface area contributed by atoms with E-state index >= 15 is 0 Å². The van der Waals surface area contributed by atoms with E-state index in [0.29, 0.717) is 17.0 Å². The Kier molecular flexibility index (Phi) is 9.55. The molecular formula is C30H30F3N7O5S. The first-order valence-corrected chi connectivity index (χ1v) is 16.2. The number of aromatic nitrogens is 4. The lowest BCUT2D eigenvalue weighted by Gasteiger charge is -2.24. The van der Waals surface area contributed by atoms with E-state index in [1.807, 2.05) is 24.3 Å². The van der Waals surface area contributed by atoms with Crippen LogP contribution in [0.5, 0.6) is 5.75 Å². The lowest BCUT2D eigenvalue weighted by atomic mass is 9.83. The molecule has 1 unspecified atom stereocenters. The van der Waals surface area contributed by atoms with Gasteiger partial charge in [-0.2, -0.15) is 5.21 Å². The zero-order valence-electron chi connectivity index (χ0n) is 24.5. The summed E-state index contributed by atoms with van der Waals surface area (Å²) in [5.74, 6) is -0.935. The Bertz CT molecular complexity index is 1780. The van der Waals surface area contributed by atoms with Crippen LogP contribution in [0, 0.1) is 0 Å². The molecule has 12 nitrogen and oxygen atoms in total. The summed E-state index contributed by atoms with van der Waals surface area (Å²) in [7, 11) is -4.16. The molecule has 4 N–H and O–H groups in total. The van der Waals surface area contributed by atoms with Gasteiger partial charge in [0.05, 0.1) is 6.04 Å². The number of urea groups is 1. The molecule has 0 saturated heterocycles. The van der Waals surface area contributed by atoms with Gasteiger partial charge in [-0.05, 0) is 71.0 Å². The molecule has 1 saturated carbocycles. The van der Waals surface area contributed by atoms with Crippen molar-refractivity contribution in [2.24, 2.45) is 0 Å². The van der Waals surface area contributed by atoms with Crippen LogP contribution in [0.2, 0.25) is 0 Å². The number of carbonyl (C=O) groups is 2. The minimum atomic E-state index is -5.12. The van der Waals surface area contributed by atoms with Gasteiger partial charge in [0.15, 0.2) is 9.84 Å². The quantitative estimate of drug-likeness (QED) is 0.177. The van der Waals surface area contributed by atoms with E-state index in [0.717, 1.165) is 42.9 Å². The van der Waals surface area contributed by atoms with Crippen molar-refractivity contribution >= 4 is 33.4 Å². The lowest BCUT2D eigenvalue weighted by molar-refractivity contribution is -0.275. The van der Waals surface area contributed by atoms with Gasteiger partial charge in [0, 0.05) is 17.5 Å². The number of hydrogen-bond acceptors (Lipinski definition) is 8. The third-order valence-electron chi connectivity index (χ3n) is 7.53. The maximum atomic E-state index is 13.2. The van der Waals surface area contributed by atoms with Crippen LogP contribution in [-0.4, -0.2) is 53.6 Å². The molecule has 0 bridgehead atoms. The number of halogens is 3. The summed E-state index contributed by atoms with van der Waals surface area (Å²) in [6, 6.07) is 15.7. The number of tetrazole rings is 1. The molecule has 1 aliphatic carbocycles. The lowest BCUT2D eigenvalue weighted by Crippen LogP contribution is -2.33. The molecular weight excluding hydrogens is 627 g/mol. The third kappa shape index (κ3) is 8.38. The van der Waals surface area contributed by atoms with Gasteiger partial charge in [-0.1, -0.05) is 60.8 Å². The average Bonchev–Trinajstić information content (AvgIpc) is 3.53. The SMILES string of the molecule is CS(=O)(=O)c1cc(NC(=O)NC(c2ccc(C(=O)Nc3nn[nH]n3)cc2)c2ccc(C3CCCCC3)cc2)ccc1OC(F)(F)F. The molecule has 0 radical (unpaired) electrons. The summed E-state index contributed by atoms with van der Waals surface area (Å²) in [6.07, 6.45) is 1.41. The number of nitrogens with one attached hydrogen (secondary N) is 4. The van der Waals surface area contributed by atoms with Crippen LogP contribution in [0.3, 0.4) is 0 Å². The summed E-state index contributed by atoms with van der Waals surface area (Å²) >= 11 is 0. The van der Waals surface area contributed by atoms with Crippen LogP contribution in [0.1, 0.15) is 71.1 Å². The summed E-state index contributed by atoms with van der Waals surface area (Å²) < 4.78 is 66.8. The van der Waals surface area contributed by atoms with Gasteiger partial charge in [0.2, 0.25) is 0 Å². The molecule has 1 heterocycles. The fourth-order valence-electron chi connectivity index (χ4n) is 5.35. The van der Waals surface area contributed by atoms with Crippen LogP contribution in [-0.2, 0) is 9.84 Å². The van der Waals surface area contributed by atoms with Crippen molar-refractivity contribution in [3.63, 3.8) is 0 Å². The number of amides is 3. The molecule has 1 aliphatic rings. The smallest absolute Gasteiger partial charge is 0.404 e. The molecule has 1 aromatic heterocycles. The fourth-order valence-corrected chi connectivity index (χ4v) is 6.17. The Hall–Kier alpha value is -4.99. The minimum Gasteiger partial charge on any atom is -0.404 e. The Labute approximate surface area is 262 Å². The van der Waals surface area contributed by atoms with Crippen LogP contribution in [0.4, 0.5) is 29.6 Å². The highest BCUT2D eigenvalue weighted by Crippen LogP contribution is 2.34. The zero-order chi connectivity index (χ0) is 32.9. The highest BCUT2D eigenvalue weighted by Gasteiger charge is 2.33. The maximum absolute atomic E-state index is 13.2. The normalized spacial score (nSPS) is 14.7. The van der Waals surface area contributed by atoms with Gasteiger partial charge in [-0.3, -0.25) is 10.1 Å². The highest BCUT2D eigenvalue weighted by molar-refractivity contribution is 7.90. The molecule has 0 spiro atoms. The number of alkyl halides is 3. The van der Waals surface area contributed by atoms with Crippen molar-refractivity contribution < 1.29 is 35.9 Å². The van der Waals surface area contributed by atoms with E-state index in [1.165, 1.54) is 24.8 Å². The number of nitrogens with zero attached hydrogens (tertiary/aromatic N) is 3. The molecule has 5 rings (SSSR count). The number of hydrogen-bond donors (Lipinski definition) is 4. The Balaban J connectivity index is 1.39. The number of anilines is 2. The molecule has 0 aliphatic heterocycles. The van der Waals surface area contributed by atoms with Gasteiger partial charge in [0.1, 0.15) is 10.6 Å². The molecule has 3 amide bonds. The predicted molar refractivity (Wildman–Crippen MR) is 161 cm³/mol. The van der Waals surface area contributed by atoms with E-state index in [2.05, 4.69) is 41.3 Å². The Morgan fingerprint density at radius 3 is 2.17 bits per heavy atom. The van der Waals surface area contributed by atoms with E-state index in [9.17, 15) is 31.2 Å². The van der Waals surface area contributed by atoms with Gasteiger partial charge in [-0.25, -0.2) is 13.2 Å². The first kappa shape index (κ1) is 32.4. The first-order valence-electron chi connectivity index (χ1n) is 14.3. The number of benzene rings is 3. The number of sulfone groups is 1. The molecule has 46 heavy (non-hydrogen) atoms. The number of rotatable bonds is 9. The monoisotopic (exact) mass is 657 g/mol. The van der Waals surface area contributed by atoms with Crippen molar-refractivity contribution in [1.29, 1.82) is 0 Å². The van der Waals surface area contributed by atoms with Gasteiger partial charge >= 0.3 is 12.4 Å². The van der Waals surface area contributed by atoms with E-state index in [-0.39, 0.29) is 11.6 Å². The van der Waals surface area contributed by atoms with Crippen LogP contribution >= 0.6 is 0 Å². The molecule has 3 aromatic carbocycles. The molecule has 4 aromatic rings. The van der Waals surface area contributed by atoms with Crippen LogP contribution in [0.15, 0.2) is 71.6 Å². The number of ether oxygens (including phenoxy) is 1. The second-order valence-corrected chi connectivity index (χ2v) is 12.8. The summed E-state index contributed by atoms with van der Waals surface area (Å²) in [5, 5.41) is 20.9. The van der Waals surface area contributed by atoms with Gasteiger partial charge in [-0.15, -0.1) is 18.3 Å². The standard InChI is InChI=1S/C30H30F3N7O5S/c1-46(43,44)25-17-23(15-16-24(25)45-30(31,32)33)34-29(42)35-26(20-9-7-19(8-10-20)18-5-3-2-4-6-18)21-11-13-22(14-12-21)27(41)36-28-37-39-40-38-28/h7-18,26H,2-6H2,1H3,(H2,34,35,42)(H2,36,37,38,39,40,41). The highest BCUT2D eigenvalue weighted by atomic mass is 32.2. The maximum Gasteiger partial charge on any atom is 0.573 e. The number of aromatic amines is 1. The van der Waals surface area contributed by atoms with E-state index in [4.69, 9.17) is 0 Å². The Morgan fingerprint density at radius 2 is 1.59 bits per heavy atom. The van der Waals surface area contributed by atoms with Crippen molar-refractivity contribution in [2.45, 2.75) is 55.3 Å². The largest absolute Gasteiger partial charge is 0.573 e. The molecule has 1 fully saturated rings. The second-order valence-electron chi connectivity index (χ2n) is 10.8. The Morgan fingerprint density at radius 1 is 0.935 bits per heavy atom. The van der Waals surface area contributed by atoms with Crippen molar-refractivity contribution in [2.75, 3.05) is 16.9 Å². The first-order chi connectivity index (χ1) is 21.9. The molecule has 242 valence electrons. The summed E-state index contributed by atoms with van der Waals surface area (Å²) in [5.41, 5.74) is 2.76. The molecule has 1 atom stereocenters. The van der Waals surface area contributed by atoms with Crippen LogP contribution in [0.25, 0.3) is 0 Å². The van der Waals surface area contributed by atoms with Crippen molar-refractivity contribution in [1.82, 2.24) is 25.9 Å². The fraction of sp³-hybridized carbons (Fsp3) is 0.300. The number of carbonyl (C=O) groups excluding carboxylic acids is 2. The van der Waals surface area contributed by atoms with E-state index < -0.39 is 44.8 Å². The third-order valence-corrected chi connectivity index (χ3v) is 8.64. The van der Waals surface area contributed by atoms with Crippen molar-refractivity contribution in [3.8, 4) is 5.75 Å². The zero-order valence-corrected chi connectivity index (χ0v) is 25.3. The van der Waals surface area contributed by atoms with E-state index in [1.54, 1.807) is 24.3 Å². The van der Waals surface area contributed by atoms with Gasteiger partial charge < -0.3 is 15.4 Å². The topological polar surface area (TPSA) is 168 Å². The van der Waals surface area contributed by atoms with Gasteiger partial charge in [0.25, 0.3) is 11.9 Å². The minimum absolute atomic E-state index is 0.000350. The summed E-state index contributed by atoms with van der Waals surface area (Å²) in [4.78, 5) is 25.1. The molecule has 16 heteroatoms. The van der Waals surface area contributed by atoms with Crippen molar-refractivity contribution in [3.05, 3.63) is 89.0 Å². The van der Waals surface area contributed by atoms with Crippen LogP contribution < -0.4 is 20.7 Å².